The van der Waals surface area contributed by atoms with Gasteiger partial charge in [-0.05, 0) is 18.9 Å². The van der Waals surface area contributed by atoms with Crippen LogP contribution in [-0.4, -0.2) is 27.1 Å². The van der Waals surface area contributed by atoms with Crippen molar-refractivity contribution in [3.8, 4) is 6.07 Å². The molecule has 3 heterocycles. The number of amides is 1. The fourth-order valence-electron chi connectivity index (χ4n) is 4.71. The van der Waals surface area contributed by atoms with Gasteiger partial charge in [0.15, 0.2) is 10.1 Å². The Kier molecular flexibility index (Phi) is 4.83. The number of benzene rings is 1. The number of carbonyl (C=O) groups is 2. The predicted octanol–water partition coefficient (Wildman–Crippen LogP) is 3.45. The quantitative estimate of drug-likeness (QED) is 0.662. The number of hydrogen-bond donors (Lipinski definition) is 2. The van der Waals surface area contributed by atoms with Crippen molar-refractivity contribution in [1.29, 1.82) is 5.26 Å². The molecule has 8 nitrogen and oxygen atoms in total. The number of carbonyl (C=O) groups excluding carboxylic acids is 2. The molecule has 1 aliphatic carbocycles. The predicted molar refractivity (Wildman–Crippen MR) is 123 cm³/mol. The van der Waals surface area contributed by atoms with Crippen molar-refractivity contribution in [2.24, 2.45) is 5.73 Å². The zero-order chi connectivity index (χ0) is 22.6. The van der Waals surface area contributed by atoms with Gasteiger partial charge in [-0.3, -0.25) is 14.5 Å². The van der Waals surface area contributed by atoms with Crippen LogP contribution in [0.4, 0.5) is 10.8 Å². The van der Waals surface area contributed by atoms with Crippen LogP contribution in [-0.2, 0) is 15.0 Å². The Morgan fingerprint density at radius 2 is 2.06 bits per heavy atom. The summed E-state index contributed by atoms with van der Waals surface area (Å²) in [4.78, 5) is 28.5. The maximum absolute atomic E-state index is 13.5. The maximum atomic E-state index is 13.5. The van der Waals surface area contributed by atoms with Crippen LogP contribution in [0.1, 0.15) is 38.7 Å². The first-order chi connectivity index (χ1) is 15.4. The minimum absolute atomic E-state index is 0.0437. The largest absolute Gasteiger partial charge is 0.384 e. The number of nitrogens with zero attached hydrogens (tertiary/aromatic N) is 4. The zero-order valence-corrected chi connectivity index (χ0v) is 19.1. The summed E-state index contributed by atoms with van der Waals surface area (Å²) in [6.45, 7) is 4.13. The number of Topliss-reactive ketones (excluding diaryl/α,β-unsaturated/α-hetero) is 1. The number of anilines is 2. The van der Waals surface area contributed by atoms with Gasteiger partial charge >= 0.3 is 0 Å². The summed E-state index contributed by atoms with van der Waals surface area (Å²) in [5, 5.41) is 22.5. The molecule has 0 bridgehead atoms. The van der Waals surface area contributed by atoms with Crippen LogP contribution in [0.15, 0.2) is 51.3 Å². The van der Waals surface area contributed by atoms with E-state index in [4.69, 9.17) is 5.73 Å². The van der Waals surface area contributed by atoms with Gasteiger partial charge < -0.3 is 11.1 Å². The highest BCUT2D eigenvalue weighted by atomic mass is 32.2. The number of fused-ring (bicyclic) bond motifs is 3. The Labute approximate surface area is 193 Å². The highest BCUT2D eigenvalue weighted by Gasteiger charge is 2.60. The Morgan fingerprint density at radius 3 is 2.81 bits per heavy atom. The van der Waals surface area contributed by atoms with E-state index in [0.29, 0.717) is 52.2 Å². The number of hydrogen-bond acceptors (Lipinski definition) is 9. The molecule has 0 saturated heterocycles. The molecule has 10 heteroatoms. The Balaban J connectivity index is 1.79. The van der Waals surface area contributed by atoms with Gasteiger partial charge in [-0.15, -0.1) is 10.2 Å². The van der Waals surface area contributed by atoms with E-state index in [1.165, 1.54) is 11.3 Å². The van der Waals surface area contributed by atoms with E-state index in [0.717, 1.165) is 4.34 Å². The van der Waals surface area contributed by atoms with Crippen molar-refractivity contribution in [3.05, 3.63) is 52.5 Å². The minimum Gasteiger partial charge on any atom is -0.384 e. The molecule has 1 amide bonds. The molecular formula is C22H20N6O2S2. The van der Waals surface area contributed by atoms with Gasteiger partial charge in [0, 0.05) is 34.2 Å². The summed E-state index contributed by atoms with van der Waals surface area (Å²) in [5.74, 6) is -0.455. The van der Waals surface area contributed by atoms with Crippen molar-refractivity contribution in [2.75, 3.05) is 10.2 Å². The lowest BCUT2D eigenvalue weighted by Gasteiger charge is -2.42. The first-order valence-corrected chi connectivity index (χ1v) is 12.0. The molecule has 162 valence electrons. The molecule has 3 aliphatic rings. The molecule has 5 rings (SSSR count). The molecule has 0 unspecified atom stereocenters. The van der Waals surface area contributed by atoms with E-state index in [1.54, 1.807) is 40.9 Å². The number of thioether (sulfide) groups is 1. The van der Waals surface area contributed by atoms with Crippen molar-refractivity contribution >= 4 is 45.6 Å². The smallest absolute Gasteiger partial charge is 0.245 e. The summed E-state index contributed by atoms with van der Waals surface area (Å²) in [5.41, 5.74) is 7.21. The van der Waals surface area contributed by atoms with Crippen LogP contribution in [0.2, 0.25) is 0 Å². The molecular weight excluding hydrogens is 444 g/mol. The number of nitrogens with two attached hydrogens (primary N) is 1. The fraction of sp³-hybridized carbons (Fsp3) is 0.318. The van der Waals surface area contributed by atoms with E-state index in [2.05, 4.69) is 35.4 Å². The third-order valence-corrected chi connectivity index (χ3v) is 7.85. The number of aromatic nitrogens is 2. The molecule has 32 heavy (non-hydrogen) atoms. The number of ketones is 1. The molecule has 1 aromatic carbocycles. The van der Waals surface area contributed by atoms with E-state index in [9.17, 15) is 14.9 Å². The third-order valence-electron chi connectivity index (χ3n) is 5.86. The van der Waals surface area contributed by atoms with Gasteiger partial charge in [0.05, 0.1) is 5.57 Å². The van der Waals surface area contributed by atoms with Crippen molar-refractivity contribution < 1.29 is 9.59 Å². The van der Waals surface area contributed by atoms with Gasteiger partial charge in [0.2, 0.25) is 11.0 Å². The summed E-state index contributed by atoms with van der Waals surface area (Å²) >= 11 is 2.94. The Morgan fingerprint density at radius 1 is 1.28 bits per heavy atom. The van der Waals surface area contributed by atoms with Crippen LogP contribution in [0.3, 0.4) is 0 Å². The zero-order valence-electron chi connectivity index (χ0n) is 17.5. The topological polar surface area (TPSA) is 125 Å². The minimum atomic E-state index is -1.54. The number of allylic oxidation sites excluding steroid dienone is 1. The number of para-hydroxylation sites is 1. The molecule has 3 N–H and O–H groups in total. The highest BCUT2D eigenvalue weighted by molar-refractivity contribution is 8.01. The second-order valence-corrected chi connectivity index (χ2v) is 10.9. The highest BCUT2D eigenvalue weighted by Crippen LogP contribution is 2.55. The average molecular weight is 465 g/mol. The van der Waals surface area contributed by atoms with Gasteiger partial charge in [-0.2, -0.15) is 5.26 Å². The summed E-state index contributed by atoms with van der Waals surface area (Å²) < 4.78 is 0.773. The first kappa shape index (κ1) is 20.7. The van der Waals surface area contributed by atoms with E-state index < -0.39 is 11.3 Å². The monoisotopic (exact) mass is 464 g/mol. The molecule has 1 aromatic heterocycles. The SMILES string of the molecule is CC(C)Sc1nnc(N2C(N)=C(C#N)[C@]3(C(=O)Nc4ccccc43)C3=C2CCCC3=O)s1. The third kappa shape index (κ3) is 2.74. The summed E-state index contributed by atoms with van der Waals surface area (Å²) in [7, 11) is 0. The van der Waals surface area contributed by atoms with E-state index >= 15 is 0 Å². The van der Waals surface area contributed by atoms with Crippen LogP contribution in [0, 0.1) is 11.3 Å². The van der Waals surface area contributed by atoms with Crippen LogP contribution in [0.5, 0.6) is 0 Å². The van der Waals surface area contributed by atoms with Crippen molar-refractivity contribution in [3.63, 3.8) is 0 Å². The van der Waals surface area contributed by atoms with Crippen molar-refractivity contribution in [2.45, 2.75) is 48.1 Å². The summed E-state index contributed by atoms with van der Waals surface area (Å²) in [6, 6.07) is 9.32. The van der Waals surface area contributed by atoms with Crippen molar-refractivity contribution in [1.82, 2.24) is 10.2 Å². The lowest BCUT2D eigenvalue weighted by atomic mass is 9.64. The molecule has 1 atom stereocenters. The standard InChI is InChI=1S/C22H20N6O2S2/c1-11(2)31-21-27-26-20(32-21)28-15-8-5-9-16(29)17(15)22(13(10-23)18(28)24)12-6-3-4-7-14(12)25-19(22)30/h3-4,6-7,11H,5,8-9,24H2,1-2H3,(H,25,30)/t22-/m0/s1. The Bertz CT molecular complexity index is 1270. The lowest BCUT2D eigenvalue weighted by Crippen LogP contribution is -2.50. The van der Waals surface area contributed by atoms with Crippen LogP contribution in [0.25, 0.3) is 0 Å². The number of rotatable bonds is 3. The van der Waals surface area contributed by atoms with Gasteiger partial charge in [0.25, 0.3) is 0 Å². The van der Waals surface area contributed by atoms with Crippen LogP contribution < -0.4 is 16.0 Å². The van der Waals surface area contributed by atoms with Gasteiger partial charge in [-0.1, -0.05) is 55.1 Å². The Hall–Kier alpha value is -3.16. The second kappa shape index (κ2) is 7.46. The molecule has 0 radical (unpaired) electrons. The average Bonchev–Trinajstić information content (AvgIpc) is 3.31. The number of nitriles is 1. The van der Waals surface area contributed by atoms with Gasteiger partial charge in [0.1, 0.15) is 17.3 Å². The van der Waals surface area contributed by atoms with E-state index in [-0.39, 0.29) is 17.2 Å². The molecule has 0 fully saturated rings. The molecule has 2 aliphatic heterocycles. The normalized spacial score (nSPS) is 22.4. The first-order valence-electron chi connectivity index (χ1n) is 10.3. The molecule has 2 aromatic rings. The van der Waals surface area contributed by atoms with Crippen LogP contribution >= 0.6 is 23.1 Å². The number of nitrogens with one attached hydrogen (secondary N) is 1. The fourth-order valence-corrected chi connectivity index (χ4v) is 6.81. The second-order valence-electron chi connectivity index (χ2n) is 8.07. The maximum Gasteiger partial charge on any atom is 0.245 e. The lowest BCUT2D eigenvalue weighted by molar-refractivity contribution is -0.122. The van der Waals surface area contributed by atoms with Gasteiger partial charge in [-0.25, -0.2) is 0 Å². The van der Waals surface area contributed by atoms with E-state index in [1.807, 2.05) is 0 Å². The summed E-state index contributed by atoms with van der Waals surface area (Å²) in [6.07, 6.45) is 1.49. The molecule has 1 spiro atoms. The molecule has 0 saturated carbocycles.